The molecule has 0 aliphatic carbocycles. The van der Waals surface area contributed by atoms with E-state index in [1.54, 1.807) is 0 Å². The van der Waals surface area contributed by atoms with Gasteiger partial charge in [0.15, 0.2) is 0 Å². The summed E-state index contributed by atoms with van der Waals surface area (Å²) in [5.74, 6) is -0.212. The molecule has 0 bridgehead atoms. The molecule has 1 nitrogen and oxygen atoms in total. The molecule has 0 spiro atoms. The SMILES string of the molecule is Cc1cc(F)c(C(Cl)C2CCOc3ccccc32)cc1F. The van der Waals surface area contributed by atoms with Gasteiger partial charge >= 0.3 is 0 Å². The monoisotopic (exact) mass is 308 g/mol. The molecule has 2 aromatic rings. The fraction of sp³-hybridized carbons (Fsp3) is 0.294. The molecule has 0 saturated heterocycles. The predicted molar refractivity (Wildman–Crippen MR) is 79.0 cm³/mol. The summed E-state index contributed by atoms with van der Waals surface area (Å²) >= 11 is 6.48. The molecule has 1 aliphatic rings. The number of aryl methyl sites for hydroxylation is 1. The largest absolute Gasteiger partial charge is 0.493 e. The maximum absolute atomic E-state index is 14.1. The van der Waals surface area contributed by atoms with E-state index in [9.17, 15) is 8.78 Å². The van der Waals surface area contributed by atoms with Crippen molar-refractivity contribution in [1.82, 2.24) is 0 Å². The topological polar surface area (TPSA) is 9.23 Å². The van der Waals surface area contributed by atoms with Gasteiger partial charge in [-0.3, -0.25) is 0 Å². The van der Waals surface area contributed by atoms with E-state index in [1.807, 2.05) is 24.3 Å². The Bertz CT molecular complexity index is 672. The quantitative estimate of drug-likeness (QED) is 0.700. The molecule has 21 heavy (non-hydrogen) atoms. The van der Waals surface area contributed by atoms with E-state index < -0.39 is 17.0 Å². The van der Waals surface area contributed by atoms with Gasteiger partial charge in [0.1, 0.15) is 17.4 Å². The minimum Gasteiger partial charge on any atom is -0.493 e. The zero-order chi connectivity index (χ0) is 15.0. The van der Waals surface area contributed by atoms with Crippen LogP contribution in [-0.2, 0) is 0 Å². The zero-order valence-corrected chi connectivity index (χ0v) is 12.3. The molecule has 2 atom stereocenters. The van der Waals surface area contributed by atoms with E-state index in [0.29, 0.717) is 13.0 Å². The third-order valence-electron chi connectivity index (χ3n) is 3.93. The van der Waals surface area contributed by atoms with Crippen molar-refractivity contribution in [2.24, 2.45) is 0 Å². The number of hydrogen-bond donors (Lipinski definition) is 0. The highest BCUT2D eigenvalue weighted by atomic mass is 35.5. The van der Waals surface area contributed by atoms with Crippen molar-refractivity contribution in [3.63, 3.8) is 0 Å². The van der Waals surface area contributed by atoms with Crippen LogP contribution < -0.4 is 4.74 Å². The zero-order valence-electron chi connectivity index (χ0n) is 11.6. The summed E-state index contributed by atoms with van der Waals surface area (Å²) in [5, 5.41) is -0.620. The Kier molecular flexibility index (Phi) is 3.85. The molecule has 1 heterocycles. The van der Waals surface area contributed by atoms with E-state index in [0.717, 1.165) is 11.3 Å². The number of para-hydroxylation sites is 1. The smallest absolute Gasteiger partial charge is 0.128 e. The molecular formula is C17H15ClF2O. The van der Waals surface area contributed by atoms with Crippen LogP contribution in [0.25, 0.3) is 0 Å². The number of fused-ring (bicyclic) bond motifs is 1. The Hall–Kier alpha value is -1.61. The second-order valence-electron chi connectivity index (χ2n) is 5.31. The second kappa shape index (κ2) is 5.64. The van der Waals surface area contributed by atoms with Crippen molar-refractivity contribution in [2.75, 3.05) is 6.61 Å². The Morgan fingerprint density at radius 3 is 2.76 bits per heavy atom. The predicted octanol–water partition coefficient (Wildman–Crippen LogP) is 5.12. The molecule has 4 heteroatoms. The van der Waals surface area contributed by atoms with Gasteiger partial charge < -0.3 is 4.74 Å². The highest BCUT2D eigenvalue weighted by Gasteiger charge is 2.30. The van der Waals surface area contributed by atoms with Crippen LogP contribution in [0.5, 0.6) is 5.75 Å². The van der Waals surface area contributed by atoms with Crippen LogP contribution in [0.2, 0.25) is 0 Å². The van der Waals surface area contributed by atoms with Crippen LogP contribution in [0.1, 0.15) is 34.4 Å². The lowest BCUT2D eigenvalue weighted by Gasteiger charge is -2.29. The molecule has 110 valence electrons. The minimum atomic E-state index is -0.620. The Morgan fingerprint density at radius 1 is 1.19 bits per heavy atom. The lowest BCUT2D eigenvalue weighted by atomic mass is 9.86. The molecule has 0 saturated carbocycles. The highest BCUT2D eigenvalue weighted by molar-refractivity contribution is 6.21. The van der Waals surface area contributed by atoms with Gasteiger partial charge in [0.25, 0.3) is 0 Å². The van der Waals surface area contributed by atoms with E-state index >= 15 is 0 Å². The van der Waals surface area contributed by atoms with Gasteiger partial charge in [0.05, 0.1) is 12.0 Å². The third-order valence-corrected chi connectivity index (χ3v) is 4.47. The summed E-state index contributed by atoms with van der Waals surface area (Å²) < 4.78 is 33.4. The van der Waals surface area contributed by atoms with Crippen LogP contribution in [-0.4, -0.2) is 6.61 Å². The number of ether oxygens (including phenoxy) is 1. The molecule has 0 fully saturated rings. The van der Waals surface area contributed by atoms with Crippen molar-refractivity contribution in [1.29, 1.82) is 0 Å². The molecule has 0 N–H and O–H groups in total. The van der Waals surface area contributed by atoms with Crippen molar-refractivity contribution in [3.8, 4) is 5.75 Å². The molecule has 1 aliphatic heterocycles. The van der Waals surface area contributed by atoms with E-state index in [4.69, 9.17) is 16.3 Å². The van der Waals surface area contributed by atoms with Crippen LogP contribution in [0, 0.1) is 18.6 Å². The van der Waals surface area contributed by atoms with Crippen molar-refractivity contribution in [3.05, 3.63) is 64.7 Å². The van der Waals surface area contributed by atoms with Crippen LogP contribution in [0.4, 0.5) is 8.78 Å². The van der Waals surface area contributed by atoms with E-state index in [1.165, 1.54) is 19.1 Å². The van der Waals surface area contributed by atoms with Gasteiger partial charge in [-0.05, 0) is 42.7 Å². The normalized spacial score (nSPS) is 18.8. The first kappa shape index (κ1) is 14.3. The maximum atomic E-state index is 14.1. The van der Waals surface area contributed by atoms with Crippen molar-refractivity contribution in [2.45, 2.75) is 24.6 Å². The highest BCUT2D eigenvalue weighted by Crippen LogP contribution is 2.45. The number of benzene rings is 2. The minimum absolute atomic E-state index is 0.0896. The summed E-state index contributed by atoms with van der Waals surface area (Å²) in [6, 6.07) is 9.99. The van der Waals surface area contributed by atoms with Gasteiger partial charge in [0, 0.05) is 11.5 Å². The van der Waals surface area contributed by atoms with Gasteiger partial charge in [-0.2, -0.15) is 0 Å². The van der Waals surface area contributed by atoms with Gasteiger partial charge in [-0.1, -0.05) is 18.2 Å². The van der Waals surface area contributed by atoms with Gasteiger partial charge in [0.2, 0.25) is 0 Å². The van der Waals surface area contributed by atoms with Gasteiger partial charge in [-0.15, -0.1) is 11.6 Å². The standard InChI is InChI=1S/C17H15ClF2O/c1-10-8-15(20)13(9-14(10)19)17(18)12-6-7-21-16-5-3-2-4-11(12)16/h2-5,8-9,12,17H,6-7H2,1H3. The van der Waals surface area contributed by atoms with E-state index in [2.05, 4.69) is 0 Å². The summed E-state index contributed by atoms with van der Waals surface area (Å²) in [5.41, 5.74) is 1.44. The molecule has 2 aromatic carbocycles. The number of rotatable bonds is 2. The van der Waals surface area contributed by atoms with Crippen molar-refractivity contribution >= 4 is 11.6 Å². The fourth-order valence-corrected chi connectivity index (χ4v) is 3.19. The van der Waals surface area contributed by atoms with Crippen LogP contribution >= 0.6 is 11.6 Å². The van der Waals surface area contributed by atoms with Crippen molar-refractivity contribution < 1.29 is 13.5 Å². The average Bonchev–Trinajstić information content (AvgIpc) is 2.49. The molecule has 2 unspecified atom stereocenters. The van der Waals surface area contributed by atoms with Crippen LogP contribution in [0.15, 0.2) is 36.4 Å². The molecular weight excluding hydrogens is 294 g/mol. The maximum Gasteiger partial charge on any atom is 0.128 e. The van der Waals surface area contributed by atoms with E-state index in [-0.39, 0.29) is 17.0 Å². The molecule has 0 radical (unpaired) electrons. The molecule has 0 aromatic heterocycles. The first-order valence-electron chi connectivity index (χ1n) is 6.89. The Balaban J connectivity index is 2.00. The lowest BCUT2D eigenvalue weighted by Crippen LogP contribution is -2.18. The number of alkyl halides is 1. The first-order chi connectivity index (χ1) is 10.1. The number of hydrogen-bond acceptors (Lipinski definition) is 1. The third kappa shape index (κ3) is 2.62. The van der Waals surface area contributed by atoms with Crippen LogP contribution in [0.3, 0.4) is 0 Å². The molecule has 3 rings (SSSR count). The first-order valence-corrected chi connectivity index (χ1v) is 7.33. The fourth-order valence-electron chi connectivity index (χ4n) is 2.76. The summed E-state index contributed by atoms with van der Waals surface area (Å²) in [6.45, 7) is 2.07. The van der Waals surface area contributed by atoms with Gasteiger partial charge in [-0.25, -0.2) is 8.78 Å². The lowest BCUT2D eigenvalue weighted by molar-refractivity contribution is 0.264. The summed E-state index contributed by atoms with van der Waals surface area (Å²) in [7, 11) is 0. The Labute approximate surface area is 127 Å². The Morgan fingerprint density at radius 2 is 1.95 bits per heavy atom. The molecule has 0 amide bonds. The summed E-state index contributed by atoms with van der Waals surface area (Å²) in [6.07, 6.45) is 0.681. The second-order valence-corrected chi connectivity index (χ2v) is 5.78. The number of halogens is 3. The summed E-state index contributed by atoms with van der Waals surface area (Å²) in [4.78, 5) is 0. The average molecular weight is 309 g/mol.